The van der Waals surface area contributed by atoms with E-state index in [0.717, 1.165) is 12.3 Å². The van der Waals surface area contributed by atoms with Gasteiger partial charge in [-0.3, -0.25) is 0 Å². The molecule has 2 N–H and O–H groups in total. The molecule has 62 valence electrons. The normalized spacial score (nSPS) is 33.2. The zero-order chi connectivity index (χ0) is 8.27. The molecule has 0 amide bonds. The van der Waals surface area contributed by atoms with Crippen LogP contribution >= 0.6 is 0 Å². The molecule has 0 aromatic heterocycles. The Hall–Kier alpha value is -0.480. The highest BCUT2D eigenvalue weighted by Crippen LogP contribution is 2.32. The van der Waals surface area contributed by atoms with Gasteiger partial charge in [-0.05, 0) is 24.7 Å². The second-order valence-corrected chi connectivity index (χ2v) is 3.75. The van der Waals surface area contributed by atoms with Crippen LogP contribution in [0.15, 0.2) is 0 Å². The predicted octanol–water partition coefficient (Wildman–Crippen LogP) is 1.77. The minimum atomic E-state index is 0.255. The van der Waals surface area contributed by atoms with E-state index in [1.807, 2.05) is 0 Å². The van der Waals surface area contributed by atoms with Crippen LogP contribution < -0.4 is 5.73 Å². The van der Waals surface area contributed by atoms with Crippen molar-refractivity contribution in [3.63, 3.8) is 0 Å². The summed E-state index contributed by atoms with van der Waals surface area (Å²) in [4.78, 5) is 0. The second-order valence-electron chi connectivity index (χ2n) is 3.75. The molecule has 3 unspecified atom stereocenters. The highest BCUT2D eigenvalue weighted by Gasteiger charge is 2.25. The first-order valence-corrected chi connectivity index (χ1v) is 4.43. The Kier molecular flexibility index (Phi) is 2.96. The summed E-state index contributed by atoms with van der Waals surface area (Å²) in [6, 6.07) is 0.255. The Bertz CT molecular complexity index is 157. The topological polar surface area (TPSA) is 26.0 Å². The van der Waals surface area contributed by atoms with Crippen molar-refractivity contribution in [3.05, 3.63) is 0 Å². The first kappa shape index (κ1) is 8.62. The number of hydrogen-bond donors (Lipinski definition) is 1. The summed E-state index contributed by atoms with van der Waals surface area (Å²) in [6.07, 6.45) is 9.85. The molecule has 1 aliphatic carbocycles. The maximum atomic E-state index is 5.91. The van der Waals surface area contributed by atoms with Crippen molar-refractivity contribution in [2.75, 3.05) is 0 Å². The number of rotatable bonds is 2. The van der Waals surface area contributed by atoms with Crippen molar-refractivity contribution < 1.29 is 0 Å². The van der Waals surface area contributed by atoms with E-state index in [-0.39, 0.29) is 6.04 Å². The lowest BCUT2D eigenvalue weighted by molar-refractivity contribution is 0.423. The fourth-order valence-electron chi connectivity index (χ4n) is 1.94. The minimum Gasteiger partial charge on any atom is -0.327 e. The van der Waals surface area contributed by atoms with Gasteiger partial charge in [-0.1, -0.05) is 13.3 Å². The van der Waals surface area contributed by atoms with Gasteiger partial charge in [-0.25, -0.2) is 0 Å². The first-order valence-electron chi connectivity index (χ1n) is 4.43. The van der Waals surface area contributed by atoms with Crippen LogP contribution in [0.2, 0.25) is 0 Å². The van der Waals surface area contributed by atoms with Crippen molar-refractivity contribution in [2.24, 2.45) is 17.6 Å². The molecule has 0 spiro atoms. The summed E-state index contributed by atoms with van der Waals surface area (Å²) in [6.45, 7) is 2.29. The molecule has 3 atom stereocenters. The smallest absolute Gasteiger partial charge is 0.0241 e. The third-order valence-corrected chi connectivity index (χ3v) is 2.69. The quantitative estimate of drug-likeness (QED) is 0.598. The summed E-state index contributed by atoms with van der Waals surface area (Å²) < 4.78 is 0. The van der Waals surface area contributed by atoms with Gasteiger partial charge in [0, 0.05) is 12.5 Å². The maximum Gasteiger partial charge on any atom is 0.0241 e. The van der Waals surface area contributed by atoms with Crippen molar-refractivity contribution in [2.45, 2.75) is 38.6 Å². The number of nitrogens with two attached hydrogens (primary N) is 1. The lowest BCUT2D eigenvalue weighted by Crippen LogP contribution is -2.27. The molecule has 0 aliphatic heterocycles. The molecule has 1 rings (SSSR count). The Morgan fingerprint density at radius 2 is 2.36 bits per heavy atom. The molecule has 0 bridgehead atoms. The third-order valence-electron chi connectivity index (χ3n) is 2.69. The standard InChI is InChI=1S/C10H17N/c1-3-4-10(11)9-6-5-8(2)7-9/h1,8-10H,4-7,11H2,2H3. The molecule has 1 saturated carbocycles. The van der Waals surface area contributed by atoms with Gasteiger partial charge in [0.25, 0.3) is 0 Å². The fraction of sp³-hybridized carbons (Fsp3) is 0.800. The van der Waals surface area contributed by atoms with Gasteiger partial charge >= 0.3 is 0 Å². The van der Waals surface area contributed by atoms with Crippen molar-refractivity contribution in [1.82, 2.24) is 0 Å². The molecule has 11 heavy (non-hydrogen) atoms. The molecular weight excluding hydrogens is 134 g/mol. The van der Waals surface area contributed by atoms with Gasteiger partial charge < -0.3 is 5.73 Å². The molecule has 1 fully saturated rings. The largest absolute Gasteiger partial charge is 0.327 e. The molecule has 1 nitrogen and oxygen atoms in total. The molecule has 0 aromatic carbocycles. The predicted molar refractivity (Wildman–Crippen MR) is 47.9 cm³/mol. The van der Waals surface area contributed by atoms with Gasteiger partial charge in [0.15, 0.2) is 0 Å². The minimum absolute atomic E-state index is 0.255. The monoisotopic (exact) mass is 151 g/mol. The van der Waals surface area contributed by atoms with Crippen LogP contribution in [-0.4, -0.2) is 6.04 Å². The van der Waals surface area contributed by atoms with E-state index in [0.29, 0.717) is 5.92 Å². The molecule has 0 heterocycles. The van der Waals surface area contributed by atoms with Crippen molar-refractivity contribution in [3.8, 4) is 12.3 Å². The SMILES string of the molecule is C#CCC(N)C1CCC(C)C1. The summed E-state index contributed by atoms with van der Waals surface area (Å²) in [7, 11) is 0. The molecule has 1 aliphatic rings. The van der Waals surface area contributed by atoms with Crippen LogP contribution in [0, 0.1) is 24.2 Å². The van der Waals surface area contributed by atoms with Crippen LogP contribution in [0.25, 0.3) is 0 Å². The summed E-state index contributed by atoms with van der Waals surface area (Å²) in [5, 5.41) is 0. The third kappa shape index (κ3) is 2.24. The average molecular weight is 151 g/mol. The van der Waals surface area contributed by atoms with Crippen LogP contribution in [0.1, 0.15) is 32.6 Å². The van der Waals surface area contributed by atoms with Gasteiger partial charge in [0.2, 0.25) is 0 Å². The Morgan fingerprint density at radius 3 is 2.82 bits per heavy atom. The van der Waals surface area contributed by atoms with E-state index in [4.69, 9.17) is 12.2 Å². The van der Waals surface area contributed by atoms with Crippen LogP contribution in [0.3, 0.4) is 0 Å². The summed E-state index contributed by atoms with van der Waals surface area (Å²) >= 11 is 0. The summed E-state index contributed by atoms with van der Waals surface area (Å²) in [5.74, 6) is 4.19. The number of terminal acetylenes is 1. The highest BCUT2D eigenvalue weighted by atomic mass is 14.6. The lowest BCUT2D eigenvalue weighted by atomic mass is 9.96. The number of hydrogen-bond acceptors (Lipinski definition) is 1. The second kappa shape index (κ2) is 3.78. The Morgan fingerprint density at radius 1 is 1.64 bits per heavy atom. The van der Waals surface area contributed by atoms with Crippen LogP contribution in [0.5, 0.6) is 0 Å². The Balaban J connectivity index is 2.32. The first-order chi connectivity index (χ1) is 5.24. The van der Waals surface area contributed by atoms with Gasteiger partial charge in [0.1, 0.15) is 0 Å². The van der Waals surface area contributed by atoms with Crippen LogP contribution in [-0.2, 0) is 0 Å². The maximum absolute atomic E-state index is 5.91. The van der Waals surface area contributed by atoms with E-state index in [9.17, 15) is 0 Å². The molecule has 1 heteroatoms. The highest BCUT2D eigenvalue weighted by molar-refractivity contribution is 4.92. The van der Waals surface area contributed by atoms with Crippen molar-refractivity contribution >= 4 is 0 Å². The molecular formula is C10H17N. The van der Waals surface area contributed by atoms with E-state index in [2.05, 4.69) is 12.8 Å². The lowest BCUT2D eigenvalue weighted by Gasteiger charge is -2.15. The molecule has 0 aromatic rings. The van der Waals surface area contributed by atoms with Gasteiger partial charge in [-0.15, -0.1) is 12.3 Å². The van der Waals surface area contributed by atoms with Crippen molar-refractivity contribution in [1.29, 1.82) is 0 Å². The van der Waals surface area contributed by atoms with Crippen LogP contribution in [0.4, 0.5) is 0 Å². The average Bonchev–Trinajstić information content (AvgIpc) is 2.36. The zero-order valence-corrected chi connectivity index (χ0v) is 7.22. The van der Waals surface area contributed by atoms with E-state index in [1.165, 1.54) is 19.3 Å². The molecule has 0 radical (unpaired) electrons. The summed E-state index contributed by atoms with van der Waals surface area (Å²) in [5.41, 5.74) is 5.91. The molecule has 0 saturated heterocycles. The fourth-order valence-corrected chi connectivity index (χ4v) is 1.94. The Labute approximate surface area is 69.4 Å². The zero-order valence-electron chi connectivity index (χ0n) is 7.22. The van der Waals surface area contributed by atoms with E-state index in [1.54, 1.807) is 0 Å². The van der Waals surface area contributed by atoms with E-state index < -0.39 is 0 Å². The van der Waals surface area contributed by atoms with E-state index >= 15 is 0 Å². The van der Waals surface area contributed by atoms with Gasteiger partial charge in [-0.2, -0.15) is 0 Å². The van der Waals surface area contributed by atoms with Gasteiger partial charge in [0.05, 0.1) is 0 Å².